The Hall–Kier alpha value is -4.62. The van der Waals surface area contributed by atoms with Gasteiger partial charge in [-0.1, -0.05) is 12.1 Å². The summed E-state index contributed by atoms with van der Waals surface area (Å²) in [5.41, 5.74) is 1.88. The van der Waals surface area contributed by atoms with Gasteiger partial charge in [-0.15, -0.1) is 0 Å². The minimum Gasteiger partial charge on any atom is -0.497 e. The first kappa shape index (κ1) is 26.0. The molecule has 1 saturated heterocycles. The summed E-state index contributed by atoms with van der Waals surface area (Å²) in [5, 5.41) is 15.4. The number of rotatable bonds is 8. The van der Waals surface area contributed by atoms with Gasteiger partial charge in [0.05, 0.1) is 41.5 Å². The van der Waals surface area contributed by atoms with E-state index in [-0.39, 0.29) is 21.8 Å². The van der Waals surface area contributed by atoms with E-state index >= 15 is 0 Å². The van der Waals surface area contributed by atoms with Gasteiger partial charge in [0.1, 0.15) is 17.0 Å². The Morgan fingerprint density at radius 3 is 2.46 bits per heavy atom. The largest absolute Gasteiger partial charge is 0.497 e. The molecule has 4 aromatic rings. The number of aromatic amines is 1. The monoisotopic (exact) mass is 551 g/mol. The Kier molecular flexibility index (Phi) is 7.09. The molecule has 0 atom stereocenters. The highest BCUT2D eigenvalue weighted by molar-refractivity contribution is 7.90. The highest BCUT2D eigenvalue weighted by atomic mass is 32.2. The molecule has 1 aliphatic heterocycles. The number of anilines is 3. The number of ether oxygens (including phenoxy) is 2. The zero-order valence-electron chi connectivity index (χ0n) is 20.8. The number of benzene rings is 3. The number of nitro groups is 1. The van der Waals surface area contributed by atoms with Crippen LogP contribution in [0.1, 0.15) is 10.5 Å². The van der Waals surface area contributed by atoms with Gasteiger partial charge in [0.2, 0.25) is 0 Å². The molecule has 202 valence electrons. The number of nitrogens with zero attached hydrogens (tertiary/aromatic N) is 2. The molecule has 0 spiro atoms. The van der Waals surface area contributed by atoms with Crippen molar-refractivity contribution >= 4 is 49.6 Å². The maximum Gasteiger partial charge on any atom is 0.293 e. The zero-order chi connectivity index (χ0) is 27.6. The summed E-state index contributed by atoms with van der Waals surface area (Å²) in [7, 11) is -2.76. The second kappa shape index (κ2) is 10.6. The summed E-state index contributed by atoms with van der Waals surface area (Å²) < 4.78 is 38.1. The first-order chi connectivity index (χ1) is 18.8. The number of sulfonamides is 1. The number of aromatic nitrogens is 1. The van der Waals surface area contributed by atoms with Gasteiger partial charge in [-0.25, -0.2) is 13.1 Å². The first-order valence-corrected chi connectivity index (χ1v) is 13.5. The number of para-hydroxylation sites is 2. The molecule has 0 radical (unpaired) electrons. The fourth-order valence-corrected chi connectivity index (χ4v) is 5.35. The van der Waals surface area contributed by atoms with Gasteiger partial charge in [0, 0.05) is 30.2 Å². The predicted molar refractivity (Wildman–Crippen MR) is 145 cm³/mol. The van der Waals surface area contributed by atoms with Crippen LogP contribution in [-0.4, -0.2) is 57.6 Å². The average Bonchev–Trinajstić information content (AvgIpc) is 3.40. The van der Waals surface area contributed by atoms with Crippen molar-refractivity contribution in [3.63, 3.8) is 0 Å². The van der Waals surface area contributed by atoms with Crippen molar-refractivity contribution in [3.05, 3.63) is 82.5 Å². The number of amides is 1. The Labute approximate surface area is 223 Å². The van der Waals surface area contributed by atoms with E-state index in [0.717, 1.165) is 11.4 Å². The fourth-order valence-electron chi connectivity index (χ4n) is 4.38. The molecule has 1 fully saturated rings. The van der Waals surface area contributed by atoms with Gasteiger partial charge in [-0.05, 0) is 48.5 Å². The molecule has 13 heteroatoms. The summed E-state index contributed by atoms with van der Waals surface area (Å²) in [6, 6.07) is 17.4. The van der Waals surface area contributed by atoms with E-state index in [4.69, 9.17) is 9.47 Å². The van der Waals surface area contributed by atoms with Crippen molar-refractivity contribution in [1.29, 1.82) is 0 Å². The Bertz CT molecular complexity index is 1650. The highest BCUT2D eigenvalue weighted by Gasteiger charge is 2.24. The fraction of sp³-hybridized carbons (Fsp3) is 0.192. The Morgan fingerprint density at radius 1 is 1.05 bits per heavy atom. The van der Waals surface area contributed by atoms with E-state index in [0.29, 0.717) is 43.1 Å². The lowest BCUT2D eigenvalue weighted by Crippen LogP contribution is -2.36. The minimum absolute atomic E-state index is 0.0841. The average molecular weight is 552 g/mol. The first-order valence-electron chi connectivity index (χ1n) is 12.0. The number of non-ortho nitro benzene ring substituents is 1. The third-order valence-corrected chi connectivity index (χ3v) is 7.68. The lowest BCUT2D eigenvalue weighted by Gasteiger charge is -2.30. The summed E-state index contributed by atoms with van der Waals surface area (Å²) >= 11 is 0. The van der Waals surface area contributed by atoms with Crippen molar-refractivity contribution in [2.45, 2.75) is 4.90 Å². The van der Waals surface area contributed by atoms with E-state index in [2.05, 4.69) is 15.2 Å². The maximum absolute atomic E-state index is 13.0. The molecule has 3 N–H and O–H groups in total. The number of carbonyl (C=O) groups excluding carboxylic acids is 1. The lowest BCUT2D eigenvalue weighted by molar-refractivity contribution is -0.383. The van der Waals surface area contributed by atoms with Crippen LogP contribution in [0.4, 0.5) is 22.7 Å². The van der Waals surface area contributed by atoms with Crippen molar-refractivity contribution in [2.75, 3.05) is 43.6 Å². The number of carbonyl (C=O) groups is 1. The number of nitro benzene ring substituents is 1. The summed E-state index contributed by atoms with van der Waals surface area (Å²) in [4.78, 5) is 28.9. The summed E-state index contributed by atoms with van der Waals surface area (Å²) in [6.45, 7) is 2.63. The third-order valence-electron chi connectivity index (χ3n) is 6.34. The number of hydrogen-bond donors (Lipinski definition) is 3. The zero-order valence-corrected chi connectivity index (χ0v) is 21.7. The maximum atomic E-state index is 13.0. The van der Waals surface area contributed by atoms with Crippen molar-refractivity contribution in [2.24, 2.45) is 0 Å². The van der Waals surface area contributed by atoms with E-state index in [1.807, 2.05) is 29.0 Å². The normalized spacial score (nSPS) is 13.7. The molecule has 1 aliphatic rings. The Morgan fingerprint density at radius 2 is 1.77 bits per heavy atom. The molecule has 1 amide bonds. The molecule has 2 heterocycles. The molecule has 0 saturated carbocycles. The molecule has 5 rings (SSSR count). The van der Waals surface area contributed by atoms with E-state index < -0.39 is 20.9 Å². The molecule has 1 aromatic heterocycles. The summed E-state index contributed by atoms with van der Waals surface area (Å²) in [6.07, 6.45) is 0. The lowest BCUT2D eigenvalue weighted by atomic mass is 10.1. The standard InChI is InChI=1S/C26H25N5O7S/c1-37-17-6-8-18(9-7-17)39(35,36)29-26(32)22-16-19-20(10-11-24(31(33)34)25(19)28-22)27-21-4-2-3-5-23(21)30-12-14-38-15-13-30/h2-11,16,27-28H,12-15H2,1H3,(H,29,32). The molecule has 0 aliphatic carbocycles. The molecular formula is C26H25N5O7S. The topological polar surface area (TPSA) is 156 Å². The number of methoxy groups -OCH3 is 1. The van der Waals surface area contributed by atoms with Crippen molar-refractivity contribution < 1.29 is 27.6 Å². The Balaban J connectivity index is 1.48. The molecule has 39 heavy (non-hydrogen) atoms. The number of nitrogens with one attached hydrogen (secondary N) is 3. The van der Waals surface area contributed by atoms with E-state index in [1.165, 1.54) is 43.5 Å². The van der Waals surface area contributed by atoms with Gasteiger partial charge in [-0.3, -0.25) is 14.9 Å². The van der Waals surface area contributed by atoms with Crippen LogP contribution in [-0.2, 0) is 14.8 Å². The smallest absolute Gasteiger partial charge is 0.293 e. The van der Waals surface area contributed by atoms with Gasteiger partial charge in [0.15, 0.2) is 0 Å². The number of fused-ring (bicyclic) bond motifs is 1. The molecule has 0 unspecified atom stereocenters. The molecule has 12 nitrogen and oxygen atoms in total. The predicted octanol–water partition coefficient (Wildman–Crippen LogP) is 3.78. The quantitative estimate of drug-likeness (QED) is 0.219. The van der Waals surface area contributed by atoms with Crippen LogP contribution in [0.25, 0.3) is 10.9 Å². The molecular weight excluding hydrogens is 526 g/mol. The van der Waals surface area contributed by atoms with Crippen molar-refractivity contribution in [1.82, 2.24) is 9.71 Å². The molecule has 3 aromatic carbocycles. The van der Waals surface area contributed by atoms with Crippen LogP contribution in [0.5, 0.6) is 5.75 Å². The number of hydrogen-bond acceptors (Lipinski definition) is 9. The number of morpholine rings is 1. The van der Waals surface area contributed by atoms with Gasteiger partial charge in [-0.2, -0.15) is 0 Å². The van der Waals surface area contributed by atoms with Crippen LogP contribution in [0.2, 0.25) is 0 Å². The minimum atomic E-state index is -4.21. The van der Waals surface area contributed by atoms with Crippen LogP contribution in [0.3, 0.4) is 0 Å². The number of H-pyrrole nitrogens is 1. The van der Waals surface area contributed by atoms with Gasteiger partial charge >= 0.3 is 0 Å². The summed E-state index contributed by atoms with van der Waals surface area (Å²) in [5.74, 6) is -0.505. The third kappa shape index (κ3) is 5.35. The second-order valence-corrected chi connectivity index (χ2v) is 10.4. The SMILES string of the molecule is COc1ccc(S(=O)(=O)NC(=O)c2cc3c(Nc4ccccc4N4CCOCC4)ccc([N+](=O)[O-])c3[nH]2)cc1. The van der Waals surface area contributed by atoms with Crippen LogP contribution < -0.4 is 19.7 Å². The van der Waals surface area contributed by atoms with Crippen LogP contribution in [0.15, 0.2) is 71.6 Å². The highest BCUT2D eigenvalue weighted by Crippen LogP contribution is 2.36. The second-order valence-electron chi connectivity index (χ2n) is 8.71. The van der Waals surface area contributed by atoms with Gasteiger partial charge in [0.25, 0.3) is 21.6 Å². The van der Waals surface area contributed by atoms with Crippen LogP contribution >= 0.6 is 0 Å². The van der Waals surface area contributed by atoms with Gasteiger partial charge < -0.3 is 24.7 Å². The van der Waals surface area contributed by atoms with E-state index in [9.17, 15) is 23.3 Å². The van der Waals surface area contributed by atoms with Crippen LogP contribution in [0, 0.1) is 10.1 Å². The van der Waals surface area contributed by atoms with E-state index in [1.54, 1.807) is 6.07 Å². The van der Waals surface area contributed by atoms with Crippen molar-refractivity contribution in [3.8, 4) is 5.75 Å². The molecule has 0 bridgehead atoms.